The highest BCUT2D eigenvalue weighted by molar-refractivity contribution is 14.0. The molecule has 3 unspecified atom stereocenters. The number of hydrogen-bond donors (Lipinski definition) is 2. The summed E-state index contributed by atoms with van der Waals surface area (Å²) in [5.74, 6) is 1.14. The van der Waals surface area contributed by atoms with E-state index in [4.69, 9.17) is 4.74 Å². The number of likely N-dealkylation sites (N-methyl/N-ethyl adjacent to an activating group) is 1. The largest absolute Gasteiger partial charge is 0.378 e. The fraction of sp³-hybridized carbons (Fsp3) is 0.895. The first-order chi connectivity index (χ1) is 12.1. The lowest BCUT2D eigenvalue weighted by molar-refractivity contribution is -0.132. The molecule has 0 aromatic heterocycles. The van der Waals surface area contributed by atoms with Crippen LogP contribution in [-0.4, -0.2) is 61.7 Å². The number of piperidine rings is 1. The number of carbonyl (C=O) groups is 1. The molecule has 1 amide bonds. The van der Waals surface area contributed by atoms with Crippen molar-refractivity contribution in [3.8, 4) is 0 Å². The number of aliphatic imine (C=N–C) groups is 1. The molecule has 0 radical (unpaired) electrons. The van der Waals surface area contributed by atoms with Gasteiger partial charge in [0.1, 0.15) is 0 Å². The van der Waals surface area contributed by atoms with Crippen molar-refractivity contribution in [3.63, 3.8) is 0 Å². The normalized spacial score (nSPS) is 30.7. The van der Waals surface area contributed by atoms with Crippen LogP contribution in [0.4, 0.5) is 0 Å². The van der Waals surface area contributed by atoms with Crippen LogP contribution in [0.25, 0.3) is 0 Å². The van der Waals surface area contributed by atoms with Crippen molar-refractivity contribution in [2.24, 2.45) is 10.4 Å². The van der Waals surface area contributed by atoms with Crippen LogP contribution in [0.5, 0.6) is 0 Å². The zero-order valence-corrected chi connectivity index (χ0v) is 18.8. The van der Waals surface area contributed by atoms with Crippen molar-refractivity contribution >= 4 is 35.8 Å². The molecular weight excluding hydrogens is 443 g/mol. The number of ether oxygens (including phenoxy) is 1. The third-order valence-corrected chi connectivity index (χ3v) is 6.28. The summed E-state index contributed by atoms with van der Waals surface area (Å²) in [4.78, 5) is 18.2. The number of nitrogens with zero attached hydrogens (tertiary/aromatic N) is 2. The lowest BCUT2D eigenvalue weighted by Crippen LogP contribution is -2.66. The van der Waals surface area contributed by atoms with Gasteiger partial charge in [0.15, 0.2) is 5.96 Å². The molecule has 1 saturated heterocycles. The zero-order chi connectivity index (χ0) is 17.9. The van der Waals surface area contributed by atoms with Crippen molar-refractivity contribution in [3.05, 3.63) is 0 Å². The second kappa shape index (κ2) is 9.57. The number of hydrogen-bond acceptors (Lipinski definition) is 3. The van der Waals surface area contributed by atoms with E-state index in [0.29, 0.717) is 24.0 Å². The van der Waals surface area contributed by atoms with E-state index < -0.39 is 0 Å². The van der Waals surface area contributed by atoms with Gasteiger partial charge in [-0.1, -0.05) is 12.8 Å². The first-order valence-electron chi connectivity index (χ1n) is 10.0. The van der Waals surface area contributed by atoms with E-state index in [-0.39, 0.29) is 35.9 Å². The molecule has 1 aliphatic heterocycles. The van der Waals surface area contributed by atoms with Crippen LogP contribution >= 0.6 is 24.0 Å². The molecule has 150 valence electrons. The Bertz CT molecular complexity index is 508. The third kappa shape index (κ3) is 4.46. The molecule has 2 N–H and O–H groups in total. The molecule has 6 nitrogen and oxygen atoms in total. The number of nitrogens with one attached hydrogen (secondary N) is 2. The van der Waals surface area contributed by atoms with Gasteiger partial charge in [-0.2, -0.15) is 0 Å². The van der Waals surface area contributed by atoms with Crippen LogP contribution in [0.3, 0.4) is 0 Å². The molecule has 0 aromatic carbocycles. The second-order valence-corrected chi connectivity index (χ2v) is 7.79. The van der Waals surface area contributed by atoms with E-state index in [9.17, 15) is 4.79 Å². The van der Waals surface area contributed by atoms with E-state index >= 15 is 0 Å². The van der Waals surface area contributed by atoms with Crippen molar-refractivity contribution in [2.75, 3.05) is 26.7 Å². The molecule has 1 heterocycles. The Balaban J connectivity index is 0.00000243. The number of carbonyl (C=O) groups excluding carboxylic acids is 1. The maximum atomic E-state index is 11.7. The van der Waals surface area contributed by atoms with Gasteiger partial charge >= 0.3 is 0 Å². The molecule has 7 heteroatoms. The zero-order valence-electron chi connectivity index (χ0n) is 16.4. The fourth-order valence-corrected chi connectivity index (χ4v) is 4.87. The Morgan fingerprint density at radius 2 is 2.04 bits per heavy atom. The number of rotatable bonds is 5. The van der Waals surface area contributed by atoms with E-state index in [1.807, 2.05) is 11.9 Å². The number of halogens is 1. The SMILES string of the molecule is CCN=C(NC1CCC(=O)N(C)C1)NC1CC(OCC)C12CCCC2.I. The van der Waals surface area contributed by atoms with Crippen molar-refractivity contribution in [1.29, 1.82) is 0 Å². The van der Waals surface area contributed by atoms with Gasteiger partial charge in [0.05, 0.1) is 6.10 Å². The average Bonchev–Trinajstić information content (AvgIpc) is 3.10. The standard InChI is InChI=1S/C19H34N4O2.HI/c1-4-20-18(21-14-8-9-17(24)23(3)13-14)22-15-12-16(25-5-2)19(15)10-6-7-11-19;/h14-16H,4-13H2,1-3H3,(H2,20,21,22);1H. The Labute approximate surface area is 174 Å². The first kappa shape index (κ1) is 21.7. The molecule has 3 rings (SSSR count). The summed E-state index contributed by atoms with van der Waals surface area (Å²) in [6, 6.07) is 0.732. The minimum absolute atomic E-state index is 0. The summed E-state index contributed by atoms with van der Waals surface area (Å²) in [6.07, 6.45) is 8.11. The molecule has 2 aliphatic carbocycles. The molecule has 3 aliphatic rings. The van der Waals surface area contributed by atoms with Gasteiger partial charge in [-0.05, 0) is 39.5 Å². The average molecular weight is 478 g/mol. The molecule has 2 saturated carbocycles. The highest BCUT2D eigenvalue weighted by Gasteiger charge is 2.57. The quantitative estimate of drug-likeness (QED) is 0.362. The third-order valence-electron chi connectivity index (χ3n) is 6.28. The fourth-order valence-electron chi connectivity index (χ4n) is 4.87. The molecule has 1 spiro atoms. The molecule has 3 atom stereocenters. The summed E-state index contributed by atoms with van der Waals surface area (Å²) in [5, 5.41) is 7.27. The van der Waals surface area contributed by atoms with Crippen LogP contribution < -0.4 is 10.6 Å². The highest BCUT2D eigenvalue weighted by Crippen LogP contribution is 2.54. The highest BCUT2D eigenvalue weighted by atomic mass is 127. The van der Waals surface area contributed by atoms with Crippen LogP contribution in [0.15, 0.2) is 4.99 Å². The number of amides is 1. The van der Waals surface area contributed by atoms with Gasteiger partial charge in [-0.3, -0.25) is 9.79 Å². The van der Waals surface area contributed by atoms with Gasteiger partial charge in [0.25, 0.3) is 0 Å². The lowest BCUT2D eigenvalue weighted by atomic mass is 9.60. The predicted octanol–water partition coefficient (Wildman–Crippen LogP) is 2.52. The van der Waals surface area contributed by atoms with Gasteiger partial charge in [0.2, 0.25) is 5.91 Å². The van der Waals surface area contributed by atoms with Crippen LogP contribution in [0, 0.1) is 5.41 Å². The Hall–Kier alpha value is -0.570. The van der Waals surface area contributed by atoms with Gasteiger partial charge in [0, 0.05) is 50.7 Å². The monoisotopic (exact) mass is 478 g/mol. The predicted molar refractivity (Wildman–Crippen MR) is 115 cm³/mol. The van der Waals surface area contributed by atoms with E-state index in [2.05, 4.69) is 29.5 Å². The maximum Gasteiger partial charge on any atom is 0.222 e. The van der Waals surface area contributed by atoms with E-state index in [0.717, 1.165) is 38.5 Å². The number of guanidine groups is 1. The Morgan fingerprint density at radius 1 is 1.31 bits per heavy atom. The molecular formula is C19H35IN4O2. The minimum atomic E-state index is 0. The summed E-state index contributed by atoms with van der Waals surface area (Å²) in [6.45, 7) is 6.46. The summed E-state index contributed by atoms with van der Waals surface area (Å²) >= 11 is 0. The van der Waals surface area contributed by atoms with E-state index in [1.165, 1.54) is 25.7 Å². The topological polar surface area (TPSA) is 66.0 Å². The van der Waals surface area contributed by atoms with Crippen molar-refractivity contribution in [1.82, 2.24) is 15.5 Å². The van der Waals surface area contributed by atoms with Gasteiger partial charge in [-0.15, -0.1) is 24.0 Å². The maximum absolute atomic E-state index is 11.7. The summed E-state index contributed by atoms with van der Waals surface area (Å²) < 4.78 is 6.02. The smallest absolute Gasteiger partial charge is 0.222 e. The molecule has 26 heavy (non-hydrogen) atoms. The van der Waals surface area contributed by atoms with E-state index in [1.54, 1.807) is 0 Å². The Morgan fingerprint density at radius 3 is 2.65 bits per heavy atom. The van der Waals surface area contributed by atoms with Crippen molar-refractivity contribution < 1.29 is 9.53 Å². The van der Waals surface area contributed by atoms with Gasteiger partial charge in [-0.25, -0.2) is 0 Å². The van der Waals surface area contributed by atoms with Crippen LogP contribution in [0.2, 0.25) is 0 Å². The minimum Gasteiger partial charge on any atom is -0.378 e. The molecule has 0 aromatic rings. The van der Waals surface area contributed by atoms with Crippen molar-refractivity contribution in [2.45, 2.75) is 77.0 Å². The summed E-state index contributed by atoms with van der Waals surface area (Å²) in [7, 11) is 1.88. The number of likely N-dealkylation sites (tertiary alicyclic amines) is 1. The first-order valence-corrected chi connectivity index (χ1v) is 10.0. The van der Waals surface area contributed by atoms with Crippen LogP contribution in [0.1, 0.15) is 58.8 Å². The molecule has 3 fully saturated rings. The Kier molecular flexibility index (Phi) is 8.00. The lowest BCUT2D eigenvalue weighted by Gasteiger charge is -2.54. The summed E-state index contributed by atoms with van der Waals surface area (Å²) in [5.41, 5.74) is 0.297. The second-order valence-electron chi connectivity index (χ2n) is 7.79. The van der Waals surface area contributed by atoms with Gasteiger partial charge < -0.3 is 20.3 Å². The van der Waals surface area contributed by atoms with Crippen LogP contribution in [-0.2, 0) is 9.53 Å². The molecule has 0 bridgehead atoms.